The highest BCUT2D eigenvalue weighted by atomic mass is 16.5. The first-order chi connectivity index (χ1) is 12.3. The van der Waals surface area contributed by atoms with Crippen LogP contribution in [0.15, 0.2) is 47.0 Å². The molecular formula is C20H21N3O2. The van der Waals surface area contributed by atoms with Gasteiger partial charge in [0.1, 0.15) is 5.75 Å². The predicted octanol–water partition coefficient (Wildman–Crippen LogP) is 3.51. The van der Waals surface area contributed by atoms with Crippen molar-refractivity contribution in [1.29, 1.82) is 0 Å². The van der Waals surface area contributed by atoms with Crippen molar-refractivity contribution in [3.05, 3.63) is 54.2 Å². The van der Waals surface area contributed by atoms with E-state index in [-0.39, 0.29) is 0 Å². The topological polar surface area (TPSA) is 60.2 Å². The molecule has 2 fully saturated rings. The van der Waals surface area contributed by atoms with Gasteiger partial charge in [-0.05, 0) is 60.7 Å². The second kappa shape index (κ2) is 6.15. The lowest BCUT2D eigenvalue weighted by atomic mass is 9.95. The lowest BCUT2D eigenvalue weighted by Crippen LogP contribution is -2.31. The minimum atomic E-state index is 0.334. The number of rotatable bonds is 4. The zero-order chi connectivity index (χ0) is 16.6. The summed E-state index contributed by atoms with van der Waals surface area (Å²) >= 11 is 0. The Morgan fingerprint density at radius 3 is 2.92 bits per heavy atom. The molecule has 0 radical (unpaired) electrons. The van der Waals surface area contributed by atoms with E-state index in [0.29, 0.717) is 24.3 Å². The summed E-state index contributed by atoms with van der Waals surface area (Å²) in [6, 6.07) is 14.3. The largest absolute Gasteiger partial charge is 0.485 e. The molecule has 5 rings (SSSR count). The molecule has 5 nitrogen and oxygen atoms in total. The molecule has 1 aliphatic heterocycles. The van der Waals surface area contributed by atoms with E-state index >= 15 is 0 Å². The Bertz CT molecular complexity index is 891. The Morgan fingerprint density at radius 2 is 2.00 bits per heavy atom. The van der Waals surface area contributed by atoms with Crippen LogP contribution in [0.2, 0.25) is 0 Å². The number of fused-ring (bicyclic) bond motifs is 3. The molecule has 1 saturated heterocycles. The van der Waals surface area contributed by atoms with Crippen molar-refractivity contribution >= 4 is 10.8 Å². The van der Waals surface area contributed by atoms with Crippen LogP contribution in [0.25, 0.3) is 10.8 Å². The molecule has 1 aliphatic carbocycles. The van der Waals surface area contributed by atoms with Gasteiger partial charge in [-0.25, -0.2) is 0 Å². The molecule has 25 heavy (non-hydrogen) atoms. The van der Waals surface area contributed by atoms with Crippen molar-refractivity contribution in [3.8, 4) is 5.75 Å². The summed E-state index contributed by atoms with van der Waals surface area (Å²) in [6.45, 7) is 2.52. The van der Waals surface area contributed by atoms with E-state index in [4.69, 9.17) is 9.26 Å². The average molecular weight is 335 g/mol. The Balaban J connectivity index is 1.28. The third-order valence-electron chi connectivity index (χ3n) is 5.52. The third kappa shape index (κ3) is 2.89. The second-order valence-corrected chi connectivity index (χ2v) is 7.21. The minimum absolute atomic E-state index is 0.334. The molecule has 3 unspecified atom stereocenters. The Morgan fingerprint density at radius 1 is 1.08 bits per heavy atom. The molecule has 5 heteroatoms. The first-order valence-corrected chi connectivity index (χ1v) is 9.00. The Hall–Kier alpha value is -2.40. The van der Waals surface area contributed by atoms with Crippen LogP contribution in [0.3, 0.4) is 0 Å². The SMILES string of the molecule is c1ccc2cc(OCc3noc(C4CC5CNCC4C5)n3)ccc2c1. The average Bonchev–Trinajstić information content (AvgIpc) is 3.23. The van der Waals surface area contributed by atoms with E-state index < -0.39 is 0 Å². The molecule has 0 spiro atoms. The molecule has 2 heterocycles. The van der Waals surface area contributed by atoms with Crippen molar-refractivity contribution in [2.75, 3.05) is 13.1 Å². The summed E-state index contributed by atoms with van der Waals surface area (Å²) in [4.78, 5) is 4.60. The zero-order valence-corrected chi connectivity index (χ0v) is 14.0. The summed E-state index contributed by atoms with van der Waals surface area (Å²) in [5.41, 5.74) is 0. The van der Waals surface area contributed by atoms with Gasteiger partial charge in [-0.15, -0.1) is 0 Å². The van der Waals surface area contributed by atoms with E-state index in [0.717, 1.165) is 37.1 Å². The molecule has 2 aromatic carbocycles. The van der Waals surface area contributed by atoms with Crippen LogP contribution in [0.4, 0.5) is 0 Å². The van der Waals surface area contributed by atoms with Crippen LogP contribution >= 0.6 is 0 Å². The standard InChI is InChI=1S/C20H21N3O2/c1-2-4-15-9-17(6-5-14(15)3-1)24-12-19-22-20(25-23-19)18-8-13-7-16(18)11-21-10-13/h1-6,9,13,16,18,21H,7-8,10-12H2. The van der Waals surface area contributed by atoms with Gasteiger partial charge in [0.05, 0.1) is 0 Å². The number of aromatic nitrogens is 2. The minimum Gasteiger partial charge on any atom is -0.485 e. The number of ether oxygens (including phenoxy) is 1. The van der Waals surface area contributed by atoms with Gasteiger partial charge in [-0.1, -0.05) is 35.5 Å². The predicted molar refractivity (Wildman–Crippen MR) is 94.4 cm³/mol. The fourth-order valence-electron chi connectivity index (χ4n) is 4.29. The number of piperidine rings is 1. The van der Waals surface area contributed by atoms with Crippen molar-refractivity contribution in [2.45, 2.75) is 25.4 Å². The summed E-state index contributed by atoms with van der Waals surface area (Å²) in [6.07, 6.45) is 2.44. The summed E-state index contributed by atoms with van der Waals surface area (Å²) < 4.78 is 11.4. The number of nitrogens with one attached hydrogen (secondary N) is 1. The highest BCUT2D eigenvalue weighted by Gasteiger charge is 2.40. The first kappa shape index (κ1) is 14.9. The lowest BCUT2D eigenvalue weighted by molar-refractivity contribution is 0.281. The van der Waals surface area contributed by atoms with Crippen LogP contribution in [-0.2, 0) is 6.61 Å². The van der Waals surface area contributed by atoms with Gasteiger partial charge in [0, 0.05) is 5.92 Å². The molecular weight excluding hydrogens is 314 g/mol. The smallest absolute Gasteiger partial charge is 0.230 e. The lowest BCUT2D eigenvalue weighted by Gasteiger charge is -2.20. The maximum absolute atomic E-state index is 5.87. The van der Waals surface area contributed by atoms with Gasteiger partial charge in [-0.2, -0.15) is 4.98 Å². The summed E-state index contributed by atoms with van der Waals surface area (Å²) in [7, 11) is 0. The van der Waals surface area contributed by atoms with Crippen LogP contribution < -0.4 is 10.1 Å². The molecule has 3 aromatic rings. The van der Waals surface area contributed by atoms with Gasteiger partial charge in [0.2, 0.25) is 11.7 Å². The molecule has 2 bridgehead atoms. The van der Waals surface area contributed by atoms with Gasteiger partial charge >= 0.3 is 0 Å². The van der Waals surface area contributed by atoms with E-state index in [1.165, 1.54) is 17.2 Å². The van der Waals surface area contributed by atoms with Crippen molar-refractivity contribution in [3.63, 3.8) is 0 Å². The third-order valence-corrected chi connectivity index (χ3v) is 5.52. The van der Waals surface area contributed by atoms with Crippen molar-refractivity contribution < 1.29 is 9.26 Å². The number of nitrogens with zero attached hydrogens (tertiary/aromatic N) is 2. The fourth-order valence-corrected chi connectivity index (χ4v) is 4.29. The van der Waals surface area contributed by atoms with E-state index in [9.17, 15) is 0 Å². The van der Waals surface area contributed by atoms with Crippen LogP contribution in [0.1, 0.15) is 30.5 Å². The fraction of sp³-hybridized carbons (Fsp3) is 0.400. The summed E-state index contributed by atoms with van der Waals surface area (Å²) in [5, 5.41) is 9.99. The van der Waals surface area contributed by atoms with E-state index in [2.05, 4.69) is 33.7 Å². The van der Waals surface area contributed by atoms with Crippen LogP contribution in [-0.4, -0.2) is 23.2 Å². The number of benzene rings is 2. The molecule has 1 N–H and O–H groups in total. The molecule has 128 valence electrons. The van der Waals surface area contributed by atoms with Gasteiger partial charge in [0.25, 0.3) is 0 Å². The second-order valence-electron chi connectivity index (χ2n) is 7.21. The van der Waals surface area contributed by atoms with E-state index in [1.807, 2.05) is 24.3 Å². The highest BCUT2D eigenvalue weighted by Crippen LogP contribution is 2.43. The van der Waals surface area contributed by atoms with Gasteiger partial charge < -0.3 is 14.6 Å². The Kier molecular flexibility index (Phi) is 3.67. The summed E-state index contributed by atoms with van der Waals surface area (Å²) in [5.74, 6) is 4.03. The molecule has 2 aliphatic rings. The van der Waals surface area contributed by atoms with Crippen LogP contribution in [0, 0.1) is 11.8 Å². The van der Waals surface area contributed by atoms with Gasteiger partial charge in [-0.3, -0.25) is 0 Å². The quantitative estimate of drug-likeness (QED) is 0.790. The molecule has 1 aromatic heterocycles. The van der Waals surface area contributed by atoms with E-state index in [1.54, 1.807) is 0 Å². The monoisotopic (exact) mass is 335 g/mol. The first-order valence-electron chi connectivity index (χ1n) is 9.00. The molecule has 0 amide bonds. The number of hydrogen-bond acceptors (Lipinski definition) is 5. The number of hydrogen-bond donors (Lipinski definition) is 1. The highest BCUT2D eigenvalue weighted by molar-refractivity contribution is 5.83. The van der Waals surface area contributed by atoms with Crippen molar-refractivity contribution in [2.24, 2.45) is 11.8 Å². The molecule has 1 saturated carbocycles. The van der Waals surface area contributed by atoms with Crippen molar-refractivity contribution in [1.82, 2.24) is 15.5 Å². The maximum Gasteiger partial charge on any atom is 0.230 e. The van der Waals surface area contributed by atoms with Gasteiger partial charge in [0.15, 0.2) is 6.61 Å². The maximum atomic E-state index is 5.87. The Labute approximate surface area is 146 Å². The molecule has 3 atom stereocenters. The zero-order valence-electron chi connectivity index (χ0n) is 14.0. The normalized spacial score (nSPS) is 25.4. The van der Waals surface area contributed by atoms with Crippen LogP contribution in [0.5, 0.6) is 5.75 Å².